The summed E-state index contributed by atoms with van der Waals surface area (Å²) in [6.07, 6.45) is -7.32. The normalized spacial score (nSPS) is 15.7. The molecule has 0 radical (unpaired) electrons. The summed E-state index contributed by atoms with van der Waals surface area (Å²) < 4.78 is 23.6. The number of rotatable bonds is 20. The largest absolute Gasteiger partial charge is 0.437 e. The predicted molar refractivity (Wildman–Crippen MR) is 206 cm³/mol. The van der Waals surface area contributed by atoms with Gasteiger partial charge >= 0.3 is 5.97 Å². The van der Waals surface area contributed by atoms with E-state index in [2.05, 4.69) is 21.3 Å². The van der Waals surface area contributed by atoms with E-state index in [-0.39, 0.29) is 19.1 Å². The summed E-state index contributed by atoms with van der Waals surface area (Å²) in [7, 11) is 2.86. The van der Waals surface area contributed by atoms with Crippen LogP contribution in [0.15, 0.2) is 60.7 Å². The van der Waals surface area contributed by atoms with Crippen molar-refractivity contribution in [3.63, 3.8) is 0 Å². The number of aliphatic hydroxyl groups excluding tert-OH is 1. The van der Waals surface area contributed by atoms with Crippen LogP contribution in [0.2, 0.25) is 0 Å². The second kappa shape index (κ2) is 21.6. The Bertz CT molecular complexity index is 1530. The highest BCUT2D eigenvalue weighted by Gasteiger charge is 2.46. The Morgan fingerprint density at radius 2 is 1.05 bits per heavy atom. The second-order valence-electron chi connectivity index (χ2n) is 15.8. The van der Waals surface area contributed by atoms with Crippen molar-refractivity contribution in [3.8, 4) is 0 Å². The topological polar surface area (TPSA) is 217 Å². The van der Waals surface area contributed by atoms with Crippen molar-refractivity contribution in [2.45, 2.75) is 111 Å². The lowest BCUT2D eigenvalue weighted by atomic mass is 9.85. The molecule has 0 aromatic heterocycles. The summed E-state index contributed by atoms with van der Waals surface area (Å²) >= 11 is 0. The Kier molecular flexibility index (Phi) is 18.4. The fraction of sp³-hybridized carbons (Fsp3) is 0.575. The number of carbonyl (C=O) groups is 5. The van der Waals surface area contributed by atoms with Crippen LogP contribution in [0.1, 0.15) is 66.5 Å². The molecule has 2 aromatic rings. The molecule has 0 bridgehead atoms. The summed E-state index contributed by atoms with van der Waals surface area (Å²) in [5.41, 5.74) is 5.70. The molecule has 4 amide bonds. The van der Waals surface area contributed by atoms with Gasteiger partial charge in [0.1, 0.15) is 30.3 Å². The number of aliphatic hydroxyl groups is 1. The monoisotopic (exact) mass is 771 g/mol. The highest BCUT2D eigenvalue weighted by molar-refractivity contribution is 5.91. The lowest BCUT2D eigenvalue weighted by Crippen LogP contribution is -2.62. The summed E-state index contributed by atoms with van der Waals surface area (Å²) in [6, 6.07) is 14.5. The zero-order valence-electron chi connectivity index (χ0n) is 33.7. The Morgan fingerprint density at radius 3 is 1.44 bits per heavy atom. The van der Waals surface area contributed by atoms with Crippen molar-refractivity contribution < 1.29 is 48.0 Å². The number of hydrogen-bond donors (Lipinski definition) is 6. The van der Waals surface area contributed by atoms with Crippen molar-refractivity contribution in [1.82, 2.24) is 21.3 Å². The first kappa shape index (κ1) is 46.7. The summed E-state index contributed by atoms with van der Waals surface area (Å²) in [5.74, 6) is -3.87. The first-order valence-electron chi connectivity index (χ1n) is 18.3. The number of hydrogen-bond acceptors (Lipinski definition) is 11. The Labute approximate surface area is 324 Å². The standard InChI is InChI=1S/C40H61N5O10/c1-24(2)27(41)38(51)55-23-54-29(31(53-22-26-19-15-12-16-20-26)35(48)45-33(37(50)43-10)40(6,7)8)28(46)30(52-21-25-17-13-11-14-18-25)34(47)44-32(36(49)42-9)39(3,4)5/h11-20,24,27-33,46H,21-23,41H2,1-10H3,(H,42,49)(H,43,50)(H,44,47)(H,45,48)/t27-,28+,29+,30+,31+,32+,33+/m0/s1. The van der Waals surface area contributed by atoms with Gasteiger partial charge in [-0.15, -0.1) is 0 Å². The van der Waals surface area contributed by atoms with Crippen molar-refractivity contribution in [2.24, 2.45) is 22.5 Å². The number of nitrogens with one attached hydrogen (secondary N) is 4. The smallest absolute Gasteiger partial charge is 0.325 e. The first-order valence-corrected chi connectivity index (χ1v) is 18.3. The molecular weight excluding hydrogens is 710 g/mol. The number of benzene rings is 2. The molecule has 2 aromatic carbocycles. The third-order valence-corrected chi connectivity index (χ3v) is 8.78. The minimum atomic E-state index is -2.01. The van der Waals surface area contributed by atoms with Crippen molar-refractivity contribution in [1.29, 1.82) is 0 Å². The molecule has 0 saturated heterocycles. The van der Waals surface area contributed by atoms with Gasteiger partial charge in [-0.2, -0.15) is 0 Å². The number of likely N-dealkylation sites (N-methyl/N-ethyl adjacent to an activating group) is 2. The SMILES string of the molecule is CNC(=O)[C@@H](NC(=O)[C@H](OCc1ccccc1)[C@H](O)[C@@H](OCOC(=O)[C@@H](N)C(C)C)[C@@H](OCc1ccccc1)C(=O)N[C@H](C(=O)NC)C(C)(C)C)C(C)(C)C. The highest BCUT2D eigenvalue weighted by atomic mass is 16.7. The van der Waals surface area contributed by atoms with Crippen LogP contribution in [-0.2, 0) is 56.1 Å². The van der Waals surface area contributed by atoms with Gasteiger partial charge in [0.15, 0.2) is 19.0 Å². The molecule has 306 valence electrons. The number of amides is 4. The van der Waals surface area contributed by atoms with Gasteiger partial charge in [0, 0.05) is 14.1 Å². The van der Waals surface area contributed by atoms with E-state index in [4.69, 9.17) is 24.7 Å². The van der Waals surface area contributed by atoms with Gasteiger partial charge in [-0.1, -0.05) is 116 Å². The van der Waals surface area contributed by atoms with Crippen LogP contribution in [-0.4, -0.2) is 98.1 Å². The third kappa shape index (κ3) is 14.6. The maximum Gasteiger partial charge on any atom is 0.325 e. The molecule has 0 aliphatic carbocycles. The van der Waals surface area contributed by atoms with Crippen LogP contribution in [0.25, 0.3) is 0 Å². The Hall–Kier alpha value is -4.41. The fourth-order valence-corrected chi connectivity index (χ4v) is 5.33. The zero-order valence-corrected chi connectivity index (χ0v) is 33.7. The quantitative estimate of drug-likeness (QED) is 0.0845. The van der Waals surface area contributed by atoms with Gasteiger partial charge in [0.25, 0.3) is 11.8 Å². The van der Waals surface area contributed by atoms with E-state index >= 15 is 0 Å². The van der Waals surface area contributed by atoms with E-state index < -0.39 is 89.8 Å². The van der Waals surface area contributed by atoms with Crippen LogP contribution in [0.3, 0.4) is 0 Å². The molecule has 0 spiro atoms. The first-order chi connectivity index (χ1) is 25.7. The number of ether oxygens (including phenoxy) is 4. The molecule has 7 atom stereocenters. The fourth-order valence-electron chi connectivity index (χ4n) is 5.33. The maximum absolute atomic E-state index is 14.4. The minimum absolute atomic E-state index is 0.172. The van der Waals surface area contributed by atoms with Gasteiger partial charge < -0.3 is 51.1 Å². The molecule has 0 heterocycles. The predicted octanol–water partition coefficient (Wildman–Crippen LogP) is 1.94. The molecule has 0 aliphatic heterocycles. The molecule has 55 heavy (non-hydrogen) atoms. The minimum Gasteiger partial charge on any atom is -0.437 e. The molecule has 7 N–H and O–H groups in total. The van der Waals surface area contributed by atoms with E-state index in [9.17, 15) is 29.1 Å². The highest BCUT2D eigenvalue weighted by Crippen LogP contribution is 2.24. The average Bonchev–Trinajstić information content (AvgIpc) is 3.14. The average molecular weight is 772 g/mol. The molecule has 15 heteroatoms. The summed E-state index contributed by atoms with van der Waals surface area (Å²) in [4.78, 5) is 67.3. The van der Waals surface area contributed by atoms with Crippen molar-refractivity contribution in [2.75, 3.05) is 20.9 Å². The number of carbonyl (C=O) groups excluding carboxylic acids is 5. The summed E-state index contributed by atoms with van der Waals surface area (Å²) in [5, 5.41) is 22.8. The van der Waals surface area contributed by atoms with Crippen molar-refractivity contribution >= 4 is 29.6 Å². The van der Waals surface area contributed by atoms with E-state index in [0.717, 1.165) is 0 Å². The van der Waals surface area contributed by atoms with E-state index in [0.29, 0.717) is 11.1 Å². The van der Waals surface area contributed by atoms with Gasteiger partial charge in [-0.25, -0.2) is 0 Å². The number of esters is 1. The van der Waals surface area contributed by atoms with Gasteiger partial charge in [0.05, 0.1) is 13.2 Å². The molecule has 0 saturated carbocycles. The Morgan fingerprint density at radius 1 is 0.655 bits per heavy atom. The molecule has 0 aliphatic rings. The molecule has 0 unspecified atom stereocenters. The van der Waals surface area contributed by atoms with E-state index in [1.165, 1.54) is 14.1 Å². The van der Waals surface area contributed by atoms with Crippen LogP contribution < -0.4 is 27.0 Å². The van der Waals surface area contributed by atoms with Crippen LogP contribution >= 0.6 is 0 Å². The second-order valence-corrected chi connectivity index (χ2v) is 15.8. The van der Waals surface area contributed by atoms with Crippen LogP contribution in [0.4, 0.5) is 0 Å². The maximum atomic E-state index is 14.4. The van der Waals surface area contributed by atoms with E-state index in [1.54, 1.807) is 116 Å². The van der Waals surface area contributed by atoms with Crippen LogP contribution in [0, 0.1) is 16.7 Å². The molecule has 15 nitrogen and oxygen atoms in total. The lowest BCUT2D eigenvalue weighted by Gasteiger charge is -2.37. The van der Waals surface area contributed by atoms with Gasteiger partial charge in [-0.3, -0.25) is 24.0 Å². The molecule has 2 rings (SSSR count). The molecule has 0 fully saturated rings. The lowest BCUT2D eigenvalue weighted by molar-refractivity contribution is -0.204. The van der Waals surface area contributed by atoms with Crippen molar-refractivity contribution in [3.05, 3.63) is 71.8 Å². The Balaban J connectivity index is 2.72. The van der Waals surface area contributed by atoms with Crippen LogP contribution in [0.5, 0.6) is 0 Å². The molecular formula is C40H61N5O10. The number of nitrogens with two attached hydrogens (primary N) is 1. The van der Waals surface area contributed by atoms with Gasteiger partial charge in [-0.05, 0) is 27.9 Å². The van der Waals surface area contributed by atoms with Gasteiger partial charge in [0.2, 0.25) is 11.8 Å². The summed E-state index contributed by atoms with van der Waals surface area (Å²) in [6.45, 7) is 12.8. The third-order valence-electron chi connectivity index (χ3n) is 8.78. The zero-order chi connectivity index (χ0) is 41.5. The van der Waals surface area contributed by atoms with E-state index in [1.807, 2.05) is 0 Å².